The average Bonchev–Trinajstić information content (AvgIpc) is 4.02. The van der Waals surface area contributed by atoms with Gasteiger partial charge in [-0.15, -0.1) is 0 Å². The predicted octanol–water partition coefficient (Wildman–Crippen LogP) is 14.7. The number of hydrogen-bond acceptors (Lipinski definition) is 2. The summed E-state index contributed by atoms with van der Waals surface area (Å²) in [5, 5.41) is 2.07. The zero-order valence-electron chi connectivity index (χ0n) is 44.5. The van der Waals surface area contributed by atoms with Crippen molar-refractivity contribution in [2.45, 2.75) is 0 Å². The molecule has 0 saturated heterocycles. The summed E-state index contributed by atoms with van der Waals surface area (Å²) in [6.07, 6.45) is 5.37. The molecule has 5 heteroatoms. The number of fused-ring (bicyclic) bond motifs is 4. The van der Waals surface area contributed by atoms with Crippen LogP contribution in [0.4, 0.5) is 0 Å². The third kappa shape index (κ3) is 6.83. The van der Waals surface area contributed by atoms with Crippen LogP contribution in [0.3, 0.4) is 0 Å². The Bertz CT molecular complexity index is 4150. The van der Waals surface area contributed by atoms with E-state index in [1.165, 1.54) is 0 Å². The summed E-state index contributed by atoms with van der Waals surface area (Å²) in [6, 6.07) is 51.3. The van der Waals surface area contributed by atoms with Gasteiger partial charge < -0.3 is 4.74 Å². The summed E-state index contributed by atoms with van der Waals surface area (Å²) >= 11 is 0. The minimum absolute atomic E-state index is 0.134. The van der Waals surface area contributed by atoms with Gasteiger partial charge in [-0.05, 0) is 75.8 Å². The van der Waals surface area contributed by atoms with Gasteiger partial charge in [0, 0.05) is 34.2 Å². The van der Waals surface area contributed by atoms with E-state index in [9.17, 15) is 0 Å². The fourth-order valence-electron chi connectivity index (χ4n) is 8.69. The number of aromatic nitrogens is 4. The van der Waals surface area contributed by atoms with E-state index < -0.39 is 60.4 Å². The van der Waals surface area contributed by atoms with Crippen molar-refractivity contribution >= 4 is 32.8 Å². The zero-order chi connectivity index (χ0) is 51.8. The number of hydrogen-bond donors (Lipinski definition) is 0. The molecule has 12 rings (SSSR count). The van der Waals surface area contributed by atoms with Crippen LogP contribution in [0.5, 0.6) is 11.5 Å². The molecule has 0 spiro atoms. The molecule has 3 heterocycles. The lowest BCUT2D eigenvalue weighted by Crippen LogP contribution is -2.31. The SMILES string of the molecule is [2H]c1c([2H])c([2H])c(-c2cccc(-c3c([2H])c([2H])c([2H])c([2H])c3[2H])c2-[n+]2[c-]n(-c3cccc(Oc4ccc5c6ccccc6n(-c6ncc(-c7ccccc7)cc6-c6ccccc6)c5c4)c3)c3ccccc32)c([2H])c1[2H]. The Morgan fingerprint density at radius 1 is 0.462 bits per heavy atom. The third-order valence-electron chi connectivity index (χ3n) is 11.6. The van der Waals surface area contributed by atoms with E-state index >= 15 is 0 Å². The van der Waals surface area contributed by atoms with E-state index in [0.29, 0.717) is 28.2 Å². The first kappa shape index (κ1) is 28.7. The van der Waals surface area contributed by atoms with E-state index in [2.05, 4.69) is 59.4 Å². The predicted molar refractivity (Wildman–Crippen MR) is 264 cm³/mol. The maximum atomic E-state index is 9.04. The third-order valence-corrected chi connectivity index (χ3v) is 11.6. The van der Waals surface area contributed by atoms with E-state index in [1.807, 2.05) is 115 Å². The van der Waals surface area contributed by atoms with Crippen molar-refractivity contribution in [2.75, 3.05) is 0 Å². The number of pyridine rings is 1. The van der Waals surface area contributed by atoms with Gasteiger partial charge >= 0.3 is 0 Å². The molecule has 306 valence electrons. The minimum Gasteiger partial charge on any atom is -0.458 e. The van der Waals surface area contributed by atoms with Gasteiger partial charge in [-0.25, -0.2) is 4.98 Å². The van der Waals surface area contributed by atoms with Crippen LogP contribution in [-0.4, -0.2) is 14.1 Å². The van der Waals surface area contributed by atoms with Crippen molar-refractivity contribution in [1.82, 2.24) is 14.1 Å². The molecule has 0 radical (unpaired) electrons. The molecule has 0 fully saturated rings. The van der Waals surface area contributed by atoms with Crippen LogP contribution in [0.15, 0.2) is 243 Å². The normalized spacial score (nSPS) is 13.5. The molecule has 65 heavy (non-hydrogen) atoms. The van der Waals surface area contributed by atoms with E-state index in [-0.39, 0.29) is 27.9 Å². The number of rotatable bonds is 9. The smallest absolute Gasteiger partial charge is 0.269 e. The lowest BCUT2D eigenvalue weighted by atomic mass is 9.95. The largest absolute Gasteiger partial charge is 0.458 e. The maximum Gasteiger partial charge on any atom is 0.269 e. The molecule has 0 aliphatic rings. The fraction of sp³-hybridized carbons (Fsp3) is 0. The van der Waals surface area contributed by atoms with Gasteiger partial charge in [-0.1, -0.05) is 188 Å². The molecule has 0 aliphatic heterocycles. The highest BCUT2D eigenvalue weighted by Crippen LogP contribution is 2.40. The number of benzene rings is 9. The lowest BCUT2D eigenvalue weighted by molar-refractivity contribution is -0.571. The van der Waals surface area contributed by atoms with Crippen molar-refractivity contribution in [2.24, 2.45) is 0 Å². The average molecular weight is 843 g/mol. The first-order valence-electron chi connectivity index (χ1n) is 26.0. The van der Waals surface area contributed by atoms with Crippen molar-refractivity contribution in [3.8, 4) is 73.2 Å². The highest BCUT2D eigenvalue weighted by atomic mass is 16.5. The highest BCUT2D eigenvalue weighted by molar-refractivity contribution is 6.10. The molecule has 3 aromatic heterocycles. The van der Waals surface area contributed by atoms with Gasteiger partial charge in [0.1, 0.15) is 17.3 Å². The Labute approximate surface area is 391 Å². The van der Waals surface area contributed by atoms with Crippen LogP contribution >= 0.6 is 0 Å². The Kier molecular flexibility index (Phi) is 7.14. The van der Waals surface area contributed by atoms with Crippen LogP contribution in [0.1, 0.15) is 13.7 Å². The first-order valence-corrected chi connectivity index (χ1v) is 21.0. The summed E-state index contributed by atoms with van der Waals surface area (Å²) in [5.74, 6) is 1.83. The molecule has 9 aromatic carbocycles. The number of para-hydroxylation sites is 4. The Hall–Kier alpha value is -8.80. The molecule has 0 saturated carbocycles. The van der Waals surface area contributed by atoms with E-state index in [4.69, 9.17) is 23.4 Å². The second-order valence-electron chi connectivity index (χ2n) is 15.4. The minimum atomic E-state index is -0.569. The molecule has 0 amide bonds. The van der Waals surface area contributed by atoms with Crippen LogP contribution in [-0.2, 0) is 0 Å². The molecule has 0 aliphatic carbocycles. The second-order valence-corrected chi connectivity index (χ2v) is 15.4. The van der Waals surface area contributed by atoms with Crippen LogP contribution in [0.25, 0.3) is 94.5 Å². The summed E-state index contributed by atoms with van der Waals surface area (Å²) in [7, 11) is 0. The van der Waals surface area contributed by atoms with Crippen LogP contribution in [0.2, 0.25) is 0 Å². The molecule has 0 unspecified atom stereocenters. The summed E-state index contributed by atoms with van der Waals surface area (Å²) in [4.78, 5) is 5.19. The van der Waals surface area contributed by atoms with Gasteiger partial charge in [-0.3, -0.25) is 13.7 Å². The van der Waals surface area contributed by atoms with Crippen molar-refractivity contribution < 1.29 is 23.0 Å². The molecular formula is C60H40N4O. The van der Waals surface area contributed by atoms with Crippen LogP contribution < -0.4 is 9.30 Å². The highest BCUT2D eigenvalue weighted by Gasteiger charge is 2.21. The summed E-state index contributed by atoms with van der Waals surface area (Å²) in [6.45, 7) is 0. The Morgan fingerprint density at radius 3 is 1.82 bits per heavy atom. The molecule has 0 N–H and O–H groups in total. The Balaban J connectivity index is 1.01. The van der Waals surface area contributed by atoms with Gasteiger partial charge in [-0.2, -0.15) is 0 Å². The zero-order valence-corrected chi connectivity index (χ0v) is 34.5. The Morgan fingerprint density at radius 2 is 1.08 bits per heavy atom. The van der Waals surface area contributed by atoms with Gasteiger partial charge in [0.25, 0.3) is 6.33 Å². The summed E-state index contributed by atoms with van der Waals surface area (Å²) in [5.41, 5.74) is 7.95. The van der Waals surface area contributed by atoms with Crippen molar-refractivity contribution in [3.63, 3.8) is 0 Å². The van der Waals surface area contributed by atoms with Gasteiger partial charge in [0.2, 0.25) is 0 Å². The van der Waals surface area contributed by atoms with Crippen molar-refractivity contribution in [1.29, 1.82) is 0 Å². The topological polar surface area (TPSA) is 35.9 Å². The molecule has 5 nitrogen and oxygen atoms in total. The first-order chi connectivity index (χ1) is 36.4. The quantitative estimate of drug-likeness (QED) is 0.107. The van der Waals surface area contributed by atoms with Crippen LogP contribution in [0, 0.1) is 6.33 Å². The fourth-order valence-corrected chi connectivity index (χ4v) is 8.69. The molecule has 0 atom stereocenters. The van der Waals surface area contributed by atoms with Gasteiger partial charge in [0.15, 0.2) is 0 Å². The number of imidazole rings is 1. The van der Waals surface area contributed by atoms with E-state index in [1.54, 1.807) is 27.3 Å². The molecule has 0 bridgehead atoms. The molecule has 12 aromatic rings. The van der Waals surface area contributed by atoms with Gasteiger partial charge in [0.05, 0.1) is 47.1 Å². The number of ether oxygens (including phenoxy) is 1. The standard InChI is InChI=1S/C60H40N4O/c1-5-19-42(20-6-1)46-37-54(45-25-11-4-12-26-45)60(61-40-46)64-55-32-14-13-29-52(55)53-36-35-49(39-58(53)64)65-48-28-17-27-47(38-48)62-41-63(57-34-16-15-33-56(57)62)59-50(43-21-7-2-8-22-43)30-18-31-51(59)44-23-9-3-10-24-44/h1-40H/i2D,3D,7D,8D,9D,10D,21D,22D,23D,24D. The second kappa shape index (κ2) is 16.2. The monoisotopic (exact) mass is 842 g/mol. The number of nitrogens with zero attached hydrogens (tertiary/aromatic N) is 4. The lowest BCUT2D eigenvalue weighted by Gasteiger charge is -2.17. The summed E-state index contributed by atoms with van der Waals surface area (Å²) < 4.78 is 99.6. The maximum absolute atomic E-state index is 9.04. The molecular weight excluding hydrogens is 793 g/mol. The van der Waals surface area contributed by atoms with E-state index in [0.717, 1.165) is 49.9 Å². The van der Waals surface area contributed by atoms with Crippen molar-refractivity contribution in [3.05, 3.63) is 249 Å².